The van der Waals surface area contributed by atoms with Crippen LogP contribution in [0, 0.1) is 6.92 Å². The van der Waals surface area contributed by atoms with E-state index in [4.69, 9.17) is 15.5 Å². The quantitative estimate of drug-likeness (QED) is 0.301. The first kappa shape index (κ1) is 31.8. The van der Waals surface area contributed by atoms with Crippen LogP contribution < -0.4 is 30.3 Å². The molecule has 1 atom stereocenters. The Morgan fingerprint density at radius 3 is 2.57 bits per heavy atom. The van der Waals surface area contributed by atoms with Crippen LogP contribution in [-0.2, 0) is 22.2 Å². The van der Waals surface area contributed by atoms with Crippen LogP contribution in [0.5, 0.6) is 5.75 Å². The molecule has 2 saturated heterocycles. The van der Waals surface area contributed by atoms with E-state index in [1.54, 1.807) is 0 Å². The highest BCUT2D eigenvalue weighted by atomic mass is 32.2. The molecule has 7 rings (SSSR count). The van der Waals surface area contributed by atoms with Crippen molar-refractivity contribution in [1.82, 2.24) is 14.8 Å². The smallest absolute Gasteiger partial charge is 0.232 e. The molecule has 4 aliphatic rings. The van der Waals surface area contributed by atoms with Gasteiger partial charge in [0.15, 0.2) is 0 Å². The van der Waals surface area contributed by atoms with E-state index in [0.717, 1.165) is 80.1 Å². The fraction of sp³-hybridized carbons (Fsp3) is 0.500. The standard InChI is InChI=1S/C34H47N9O3S/c1-5-46-30-22-29(42-14-11-25(12-15-42)41-19-17-40(3)18-20-41)23(2)21-27(30)34(35)38-32-26(9-13-36-32)33(39-34)37-28-8-6-7-24-10-16-43(31(24)28)47(4,44)45/h6-9,13,21-22,25,36,38H,5,10-12,14-20,35H2,1-4H3,(H,37,39). The van der Waals surface area contributed by atoms with E-state index < -0.39 is 15.8 Å². The number of nitrogens with two attached hydrogens (primary N) is 1. The van der Waals surface area contributed by atoms with Gasteiger partial charge in [-0.15, -0.1) is 0 Å². The summed E-state index contributed by atoms with van der Waals surface area (Å²) in [5.41, 5.74) is 13.3. The number of hydrogen-bond acceptors (Lipinski definition) is 10. The number of H-pyrrole nitrogens is 1. The molecule has 2 aromatic carbocycles. The number of aromatic amines is 1. The lowest BCUT2D eigenvalue weighted by Crippen LogP contribution is -2.52. The first-order valence-electron chi connectivity index (χ1n) is 16.7. The predicted molar refractivity (Wildman–Crippen MR) is 189 cm³/mol. The van der Waals surface area contributed by atoms with E-state index in [9.17, 15) is 8.42 Å². The van der Waals surface area contributed by atoms with Crippen molar-refractivity contribution in [3.8, 4) is 5.75 Å². The molecule has 0 spiro atoms. The van der Waals surface area contributed by atoms with Gasteiger partial charge in [-0.3, -0.25) is 14.9 Å². The van der Waals surface area contributed by atoms with E-state index >= 15 is 0 Å². The zero-order valence-electron chi connectivity index (χ0n) is 27.8. The van der Waals surface area contributed by atoms with Crippen molar-refractivity contribution < 1.29 is 13.2 Å². The van der Waals surface area contributed by atoms with E-state index in [-0.39, 0.29) is 0 Å². The van der Waals surface area contributed by atoms with Gasteiger partial charge in [-0.1, -0.05) is 12.1 Å². The minimum atomic E-state index is -3.45. The molecule has 252 valence electrons. The van der Waals surface area contributed by atoms with Gasteiger partial charge in [-0.25, -0.2) is 13.4 Å². The number of fused-ring (bicyclic) bond motifs is 2. The lowest BCUT2D eigenvalue weighted by Gasteiger charge is -2.43. The number of piperidine rings is 1. The molecule has 5 heterocycles. The molecule has 0 radical (unpaired) electrons. The monoisotopic (exact) mass is 661 g/mol. The highest BCUT2D eigenvalue weighted by molar-refractivity contribution is 7.92. The molecule has 1 unspecified atom stereocenters. The number of anilines is 4. The van der Waals surface area contributed by atoms with Crippen LogP contribution in [0.25, 0.3) is 0 Å². The van der Waals surface area contributed by atoms with Crippen LogP contribution in [0.4, 0.5) is 22.9 Å². The molecule has 3 aromatic rings. The number of para-hydroxylation sites is 1. The highest BCUT2D eigenvalue weighted by Gasteiger charge is 2.38. The average molecular weight is 662 g/mol. The van der Waals surface area contributed by atoms with Crippen molar-refractivity contribution in [3.05, 3.63) is 64.8 Å². The minimum absolute atomic E-state index is 0.411. The molecule has 47 heavy (non-hydrogen) atoms. The van der Waals surface area contributed by atoms with Crippen LogP contribution >= 0.6 is 0 Å². The van der Waals surface area contributed by atoms with E-state index in [0.29, 0.717) is 54.4 Å². The van der Waals surface area contributed by atoms with Crippen LogP contribution in [-0.4, -0.2) is 101 Å². The van der Waals surface area contributed by atoms with Crippen LogP contribution in [0.3, 0.4) is 0 Å². The lowest BCUT2D eigenvalue weighted by molar-refractivity contribution is 0.0982. The van der Waals surface area contributed by atoms with Crippen LogP contribution in [0.1, 0.15) is 42.0 Å². The molecule has 13 heteroatoms. The number of sulfonamides is 1. The van der Waals surface area contributed by atoms with Gasteiger partial charge in [0.25, 0.3) is 0 Å². The Bertz CT molecular complexity index is 1770. The SMILES string of the molecule is CCOc1cc(N2CCC(N3CCN(C)CC3)CC2)c(C)cc1C1(N)N=C(Nc2cccc3c2N(S(C)(=O)=O)CC3)c2cc[nH]c2N1. The number of nitrogens with one attached hydrogen (secondary N) is 3. The Morgan fingerprint density at radius 1 is 1.09 bits per heavy atom. The maximum Gasteiger partial charge on any atom is 0.232 e. The normalized spacial score (nSPS) is 22.4. The van der Waals surface area contributed by atoms with Crippen molar-refractivity contribution in [2.24, 2.45) is 10.7 Å². The molecule has 0 aliphatic carbocycles. The number of aliphatic imine (C=N–C) groups is 1. The average Bonchev–Trinajstić information content (AvgIpc) is 3.70. The third kappa shape index (κ3) is 6.05. The Balaban J connectivity index is 1.19. The number of benzene rings is 2. The third-order valence-electron chi connectivity index (χ3n) is 10.1. The topological polar surface area (TPSA) is 135 Å². The van der Waals surface area contributed by atoms with Crippen molar-refractivity contribution >= 4 is 38.7 Å². The van der Waals surface area contributed by atoms with Gasteiger partial charge in [0.05, 0.1) is 35.4 Å². The zero-order valence-corrected chi connectivity index (χ0v) is 28.7. The summed E-state index contributed by atoms with van der Waals surface area (Å²) >= 11 is 0. The van der Waals surface area contributed by atoms with Crippen LogP contribution in [0.15, 0.2) is 47.6 Å². The van der Waals surface area contributed by atoms with Gasteiger partial charge in [0, 0.05) is 69.8 Å². The van der Waals surface area contributed by atoms with Crippen molar-refractivity contribution in [2.75, 3.05) is 85.6 Å². The summed E-state index contributed by atoms with van der Waals surface area (Å²) in [6.45, 7) is 11.6. The Labute approximate surface area is 278 Å². The number of ether oxygens (including phenoxy) is 1. The van der Waals surface area contributed by atoms with Crippen molar-refractivity contribution in [2.45, 2.75) is 44.9 Å². The van der Waals surface area contributed by atoms with Crippen molar-refractivity contribution in [3.63, 3.8) is 0 Å². The fourth-order valence-electron chi connectivity index (χ4n) is 7.58. The molecule has 1 aromatic heterocycles. The van der Waals surface area contributed by atoms with E-state index in [2.05, 4.69) is 56.4 Å². The summed E-state index contributed by atoms with van der Waals surface area (Å²) in [5, 5.41) is 6.89. The second-order valence-electron chi connectivity index (χ2n) is 13.3. The van der Waals surface area contributed by atoms with E-state index in [1.807, 2.05) is 37.4 Å². The maximum atomic E-state index is 12.7. The summed E-state index contributed by atoms with van der Waals surface area (Å²) < 4.78 is 33.1. The molecule has 0 saturated carbocycles. The van der Waals surface area contributed by atoms with Gasteiger partial charge in [0.2, 0.25) is 15.8 Å². The predicted octanol–water partition coefficient (Wildman–Crippen LogP) is 3.31. The molecule has 4 aliphatic heterocycles. The second-order valence-corrected chi connectivity index (χ2v) is 15.2. The molecule has 0 bridgehead atoms. The molecular formula is C34H47N9O3S. The van der Waals surface area contributed by atoms with Gasteiger partial charge < -0.3 is 30.2 Å². The first-order chi connectivity index (χ1) is 22.5. The van der Waals surface area contributed by atoms with Gasteiger partial charge in [0.1, 0.15) is 17.4 Å². The highest BCUT2D eigenvalue weighted by Crippen LogP contribution is 2.42. The van der Waals surface area contributed by atoms with E-state index in [1.165, 1.54) is 10.6 Å². The number of aryl methyl sites for hydroxylation is 1. The Kier molecular flexibility index (Phi) is 8.35. The van der Waals surface area contributed by atoms with Gasteiger partial charge in [-0.05, 0) is 69.5 Å². The number of aromatic nitrogens is 1. The van der Waals surface area contributed by atoms with Gasteiger partial charge >= 0.3 is 0 Å². The third-order valence-corrected chi connectivity index (χ3v) is 11.2. The first-order valence-corrected chi connectivity index (χ1v) is 18.6. The molecule has 12 nitrogen and oxygen atoms in total. The second kappa shape index (κ2) is 12.3. The fourth-order valence-corrected chi connectivity index (χ4v) is 8.55. The summed E-state index contributed by atoms with van der Waals surface area (Å²) in [4.78, 5) is 15.9. The summed E-state index contributed by atoms with van der Waals surface area (Å²) in [6, 6.07) is 12.6. The lowest BCUT2D eigenvalue weighted by atomic mass is 9.97. The summed E-state index contributed by atoms with van der Waals surface area (Å²) in [7, 11) is -1.24. The van der Waals surface area contributed by atoms with Crippen molar-refractivity contribution in [1.29, 1.82) is 0 Å². The number of rotatable bonds is 7. The molecule has 5 N–H and O–H groups in total. The number of amidine groups is 1. The Morgan fingerprint density at radius 2 is 1.85 bits per heavy atom. The summed E-state index contributed by atoms with van der Waals surface area (Å²) in [5.74, 6) is 0.571. The summed E-state index contributed by atoms with van der Waals surface area (Å²) in [6.07, 6.45) is 6.02. The number of nitrogens with zero attached hydrogens (tertiary/aromatic N) is 5. The van der Waals surface area contributed by atoms with Gasteiger partial charge in [-0.2, -0.15) is 0 Å². The maximum absolute atomic E-state index is 12.7. The largest absolute Gasteiger partial charge is 0.493 e. The number of hydrogen-bond donors (Lipinski definition) is 4. The molecule has 0 amide bonds. The zero-order chi connectivity index (χ0) is 32.9. The number of likely N-dealkylation sites (N-methyl/N-ethyl adjacent to an activating group) is 1. The molecular weight excluding hydrogens is 615 g/mol. The Hall–Kier alpha value is -3.78. The van der Waals surface area contributed by atoms with Crippen LogP contribution in [0.2, 0.25) is 0 Å². The minimum Gasteiger partial charge on any atom is -0.493 e. The molecule has 2 fully saturated rings. The number of piperazine rings is 1.